The van der Waals surface area contributed by atoms with Crippen molar-refractivity contribution in [2.24, 2.45) is 0 Å². The molecule has 5 nitrogen and oxygen atoms in total. The van der Waals surface area contributed by atoms with Gasteiger partial charge in [0.1, 0.15) is 6.61 Å². The smallest absolute Gasteiger partial charge is 0.407 e. The average Bonchev–Trinajstić information content (AvgIpc) is 3.31. The van der Waals surface area contributed by atoms with Gasteiger partial charge in [-0.15, -0.1) is 11.3 Å². The van der Waals surface area contributed by atoms with Crippen molar-refractivity contribution >= 4 is 23.4 Å². The van der Waals surface area contributed by atoms with Crippen LogP contribution >= 0.6 is 11.3 Å². The van der Waals surface area contributed by atoms with Crippen LogP contribution in [0.1, 0.15) is 27.5 Å². The Labute approximate surface area is 178 Å². The number of hydrogen-bond acceptors (Lipinski definition) is 4. The maximum atomic E-state index is 12.1. The van der Waals surface area contributed by atoms with E-state index in [-0.39, 0.29) is 25.5 Å². The second-order valence-electron chi connectivity index (χ2n) is 6.85. The Morgan fingerprint density at radius 2 is 1.73 bits per heavy atom. The molecule has 1 amide bonds. The minimum absolute atomic E-state index is 0.00958. The molecule has 0 radical (unpaired) electrons. The van der Waals surface area contributed by atoms with Crippen molar-refractivity contribution in [1.29, 1.82) is 0 Å². The number of hydrogen-bond donors (Lipinski definition) is 2. The lowest BCUT2D eigenvalue weighted by Gasteiger charge is -2.14. The van der Waals surface area contributed by atoms with Crippen LogP contribution in [0.3, 0.4) is 0 Å². The molecule has 3 aromatic rings. The third-order valence-corrected chi connectivity index (χ3v) is 5.81. The summed E-state index contributed by atoms with van der Waals surface area (Å²) >= 11 is 1.36. The molecule has 1 aliphatic rings. The summed E-state index contributed by atoms with van der Waals surface area (Å²) in [4.78, 5) is 23.6. The van der Waals surface area contributed by atoms with E-state index in [0.717, 1.165) is 10.4 Å². The first kappa shape index (κ1) is 19.7. The zero-order chi connectivity index (χ0) is 20.9. The molecule has 0 aliphatic heterocycles. The third-order valence-electron chi connectivity index (χ3n) is 4.88. The molecule has 2 N–H and O–H groups in total. The Balaban J connectivity index is 1.31. The lowest BCUT2D eigenvalue weighted by Crippen LogP contribution is -2.26. The Bertz CT molecular complexity index is 1110. The van der Waals surface area contributed by atoms with Crippen molar-refractivity contribution in [2.75, 3.05) is 13.2 Å². The van der Waals surface area contributed by atoms with Crippen LogP contribution in [0.5, 0.6) is 0 Å². The van der Waals surface area contributed by atoms with Crippen molar-refractivity contribution in [2.45, 2.75) is 12.3 Å². The highest BCUT2D eigenvalue weighted by Crippen LogP contribution is 2.44. The predicted octanol–water partition coefficient (Wildman–Crippen LogP) is 4.27. The van der Waals surface area contributed by atoms with Gasteiger partial charge in [0, 0.05) is 21.7 Å². The van der Waals surface area contributed by atoms with Gasteiger partial charge in [0.25, 0.3) is 0 Å². The normalized spacial score (nSPS) is 11.7. The zero-order valence-electron chi connectivity index (χ0n) is 16.1. The SMILES string of the molecule is O=C(O)Cc1cc(C#CCNC(=O)OCC2c3ccccc3-c3ccccc32)cs1. The fourth-order valence-electron chi connectivity index (χ4n) is 3.60. The number of nitrogens with one attached hydrogen (secondary N) is 1. The predicted molar refractivity (Wildman–Crippen MR) is 116 cm³/mol. The molecule has 1 aliphatic carbocycles. The number of carboxylic acids is 1. The molecular formula is C24H19NO4S. The Hall–Kier alpha value is -3.56. The molecule has 0 spiro atoms. The number of fused-ring (bicyclic) bond motifs is 3. The van der Waals surface area contributed by atoms with Crippen molar-refractivity contribution in [3.05, 3.63) is 81.5 Å². The maximum absolute atomic E-state index is 12.1. The van der Waals surface area contributed by atoms with Crippen LogP contribution in [-0.2, 0) is 16.0 Å². The number of carbonyl (C=O) groups is 2. The average molecular weight is 417 g/mol. The Kier molecular flexibility index (Phi) is 5.82. The first-order chi connectivity index (χ1) is 14.6. The second-order valence-corrected chi connectivity index (χ2v) is 7.85. The number of rotatable bonds is 5. The summed E-state index contributed by atoms with van der Waals surface area (Å²) < 4.78 is 5.46. The van der Waals surface area contributed by atoms with E-state index in [2.05, 4.69) is 41.4 Å². The summed E-state index contributed by atoms with van der Waals surface area (Å²) in [6, 6.07) is 18.1. The van der Waals surface area contributed by atoms with E-state index in [1.165, 1.54) is 33.6 Å². The number of carboxylic acid groups (broad SMARTS) is 1. The molecule has 0 atom stereocenters. The van der Waals surface area contributed by atoms with E-state index in [0.29, 0.717) is 0 Å². The molecule has 150 valence electrons. The molecule has 0 saturated carbocycles. The van der Waals surface area contributed by atoms with Gasteiger partial charge in [-0.25, -0.2) is 4.79 Å². The molecule has 1 heterocycles. The highest BCUT2D eigenvalue weighted by molar-refractivity contribution is 7.10. The van der Waals surface area contributed by atoms with Gasteiger partial charge in [0.05, 0.1) is 13.0 Å². The van der Waals surface area contributed by atoms with Crippen molar-refractivity contribution in [3.8, 4) is 23.0 Å². The molecule has 0 unspecified atom stereocenters. The third kappa shape index (κ3) is 4.37. The first-order valence-electron chi connectivity index (χ1n) is 9.49. The zero-order valence-corrected chi connectivity index (χ0v) is 16.9. The number of alkyl carbamates (subject to hydrolysis) is 1. The monoisotopic (exact) mass is 417 g/mol. The Morgan fingerprint density at radius 3 is 2.40 bits per heavy atom. The molecular weight excluding hydrogens is 398 g/mol. The number of ether oxygens (including phenoxy) is 1. The Morgan fingerprint density at radius 1 is 1.07 bits per heavy atom. The minimum atomic E-state index is -0.867. The van der Waals surface area contributed by atoms with Crippen molar-refractivity contribution in [3.63, 3.8) is 0 Å². The van der Waals surface area contributed by atoms with Gasteiger partial charge in [-0.1, -0.05) is 60.4 Å². The summed E-state index contributed by atoms with van der Waals surface area (Å²) in [6.45, 7) is 0.414. The van der Waals surface area contributed by atoms with Gasteiger partial charge >= 0.3 is 12.1 Å². The maximum Gasteiger partial charge on any atom is 0.407 e. The topological polar surface area (TPSA) is 75.6 Å². The first-order valence-corrected chi connectivity index (χ1v) is 10.4. The standard InChI is InChI=1S/C24H19NO4S/c26-23(27)13-17-12-16(15-30-17)6-5-11-25-24(28)29-14-22-20-9-3-1-7-18(20)19-8-2-4-10-21(19)22/h1-4,7-10,12,15,22H,11,13-14H2,(H,25,28)(H,26,27). The quantitative estimate of drug-likeness (QED) is 0.608. The lowest BCUT2D eigenvalue weighted by molar-refractivity contribution is -0.136. The van der Waals surface area contributed by atoms with E-state index < -0.39 is 12.1 Å². The van der Waals surface area contributed by atoms with Gasteiger partial charge in [-0.05, 0) is 28.3 Å². The molecule has 0 fully saturated rings. The molecule has 0 bridgehead atoms. The van der Waals surface area contributed by atoms with Crippen LogP contribution in [0, 0.1) is 11.8 Å². The number of thiophene rings is 1. The molecule has 1 aromatic heterocycles. The number of aliphatic carboxylic acids is 1. The summed E-state index contributed by atoms with van der Waals surface area (Å²) in [5.74, 6) is 4.92. The summed E-state index contributed by atoms with van der Waals surface area (Å²) in [6.07, 6.45) is -0.521. The number of carbonyl (C=O) groups excluding carboxylic acids is 1. The van der Waals surface area contributed by atoms with Crippen LogP contribution in [0.25, 0.3) is 11.1 Å². The molecule has 4 rings (SSSR count). The van der Waals surface area contributed by atoms with Crippen LogP contribution < -0.4 is 5.32 Å². The number of benzene rings is 2. The van der Waals surface area contributed by atoms with Crippen molar-refractivity contribution in [1.82, 2.24) is 5.32 Å². The van der Waals surface area contributed by atoms with Gasteiger partial charge in [0.2, 0.25) is 0 Å². The number of amides is 1. The van der Waals surface area contributed by atoms with E-state index in [4.69, 9.17) is 9.84 Å². The van der Waals surface area contributed by atoms with E-state index in [9.17, 15) is 9.59 Å². The van der Waals surface area contributed by atoms with E-state index >= 15 is 0 Å². The molecule has 6 heteroatoms. The van der Waals surface area contributed by atoms with Crippen LogP contribution in [-0.4, -0.2) is 30.3 Å². The molecule has 30 heavy (non-hydrogen) atoms. The molecule has 0 saturated heterocycles. The fraction of sp³-hybridized carbons (Fsp3) is 0.167. The van der Waals surface area contributed by atoms with Gasteiger partial charge in [0.15, 0.2) is 0 Å². The van der Waals surface area contributed by atoms with Crippen LogP contribution in [0.15, 0.2) is 60.0 Å². The minimum Gasteiger partial charge on any atom is -0.481 e. The summed E-state index contributed by atoms with van der Waals surface area (Å²) in [5, 5.41) is 13.2. The summed E-state index contributed by atoms with van der Waals surface area (Å²) in [5.41, 5.74) is 5.45. The largest absolute Gasteiger partial charge is 0.481 e. The van der Waals surface area contributed by atoms with E-state index in [1.807, 2.05) is 24.3 Å². The van der Waals surface area contributed by atoms with Crippen LogP contribution in [0.4, 0.5) is 4.79 Å². The highest BCUT2D eigenvalue weighted by Gasteiger charge is 2.28. The van der Waals surface area contributed by atoms with Crippen LogP contribution in [0.2, 0.25) is 0 Å². The van der Waals surface area contributed by atoms with Gasteiger partial charge in [-0.2, -0.15) is 0 Å². The van der Waals surface area contributed by atoms with Gasteiger partial charge < -0.3 is 15.2 Å². The fourth-order valence-corrected chi connectivity index (χ4v) is 4.41. The second kappa shape index (κ2) is 8.85. The van der Waals surface area contributed by atoms with Crippen molar-refractivity contribution < 1.29 is 19.4 Å². The highest BCUT2D eigenvalue weighted by atomic mass is 32.1. The summed E-state index contributed by atoms with van der Waals surface area (Å²) in [7, 11) is 0. The van der Waals surface area contributed by atoms with Gasteiger partial charge in [-0.3, -0.25) is 4.79 Å². The molecule has 2 aromatic carbocycles. The lowest BCUT2D eigenvalue weighted by atomic mass is 9.98. The van der Waals surface area contributed by atoms with E-state index in [1.54, 1.807) is 11.4 Å².